The van der Waals surface area contributed by atoms with Gasteiger partial charge >= 0.3 is 0 Å². The fourth-order valence-corrected chi connectivity index (χ4v) is 1.37. The summed E-state index contributed by atoms with van der Waals surface area (Å²) in [6.45, 7) is 9.31. The summed E-state index contributed by atoms with van der Waals surface area (Å²) in [5, 5.41) is 0.532. The summed E-state index contributed by atoms with van der Waals surface area (Å²) in [6.07, 6.45) is 5.21. The van der Waals surface area contributed by atoms with Crippen LogP contribution in [0.25, 0.3) is 11.1 Å². The van der Waals surface area contributed by atoms with Gasteiger partial charge in [-0.25, -0.2) is 0 Å². The molecule has 1 aromatic heterocycles. The Bertz CT molecular complexity index is 329. The van der Waals surface area contributed by atoms with Crippen LogP contribution in [-0.2, 0) is 0 Å². The molecule has 0 aliphatic rings. The molecule has 2 heteroatoms. The molecule has 1 nitrogen and oxygen atoms in total. The van der Waals surface area contributed by atoms with E-state index in [-0.39, 0.29) is 0 Å². The van der Waals surface area contributed by atoms with Crippen LogP contribution >= 0.6 is 11.6 Å². The van der Waals surface area contributed by atoms with Crippen molar-refractivity contribution in [3.8, 4) is 0 Å². The predicted octanol–water partition coefficient (Wildman–Crippen LogP) is 3.24. The van der Waals surface area contributed by atoms with Crippen LogP contribution in [-0.4, -0.2) is 4.98 Å². The number of halogens is 1. The van der Waals surface area contributed by atoms with Gasteiger partial charge in [-0.1, -0.05) is 30.8 Å². The van der Waals surface area contributed by atoms with Crippen LogP contribution in [0.15, 0.2) is 25.6 Å². The van der Waals surface area contributed by atoms with E-state index in [1.807, 2.05) is 6.92 Å². The summed E-state index contributed by atoms with van der Waals surface area (Å²) in [4.78, 5) is 4.03. The highest BCUT2D eigenvalue weighted by Gasteiger charge is 2.04. The van der Waals surface area contributed by atoms with Gasteiger partial charge in [-0.05, 0) is 12.5 Å². The summed E-state index contributed by atoms with van der Waals surface area (Å²) in [5.41, 5.74) is 2.88. The SMILES string of the molecule is C=Cc1cncc(C)c1C(=C)Cl. The van der Waals surface area contributed by atoms with Gasteiger partial charge in [-0.2, -0.15) is 0 Å². The molecule has 1 heterocycles. The Hall–Kier alpha value is -1.08. The standard InChI is InChI=1S/C10H10ClN/c1-4-9-6-12-5-7(2)10(9)8(3)11/h4-6H,1,3H2,2H3. The van der Waals surface area contributed by atoms with Crippen molar-refractivity contribution in [2.24, 2.45) is 0 Å². The van der Waals surface area contributed by atoms with Gasteiger partial charge in [0, 0.05) is 28.6 Å². The maximum Gasteiger partial charge on any atom is 0.0416 e. The number of hydrogen-bond donors (Lipinski definition) is 0. The van der Waals surface area contributed by atoms with Gasteiger partial charge in [0.05, 0.1) is 0 Å². The zero-order valence-electron chi connectivity index (χ0n) is 6.97. The Labute approximate surface area is 77.4 Å². The second-order valence-corrected chi connectivity index (χ2v) is 2.99. The Morgan fingerprint density at radius 2 is 2.25 bits per heavy atom. The second kappa shape index (κ2) is 3.55. The summed E-state index contributed by atoms with van der Waals surface area (Å²) >= 11 is 5.82. The molecule has 0 saturated carbocycles. The number of rotatable bonds is 2. The zero-order valence-corrected chi connectivity index (χ0v) is 7.73. The lowest BCUT2D eigenvalue weighted by molar-refractivity contribution is 1.24. The lowest BCUT2D eigenvalue weighted by atomic mass is 10.1. The molecule has 0 saturated heterocycles. The minimum absolute atomic E-state index is 0.532. The summed E-state index contributed by atoms with van der Waals surface area (Å²) < 4.78 is 0. The van der Waals surface area contributed by atoms with E-state index >= 15 is 0 Å². The molecule has 1 aromatic rings. The van der Waals surface area contributed by atoms with E-state index in [1.54, 1.807) is 18.5 Å². The molecular formula is C10H10ClN. The lowest BCUT2D eigenvalue weighted by Gasteiger charge is -2.06. The summed E-state index contributed by atoms with van der Waals surface area (Å²) in [7, 11) is 0. The molecule has 12 heavy (non-hydrogen) atoms. The fourth-order valence-electron chi connectivity index (χ4n) is 1.11. The van der Waals surface area contributed by atoms with Crippen molar-refractivity contribution in [2.75, 3.05) is 0 Å². The van der Waals surface area contributed by atoms with Gasteiger partial charge in [0.15, 0.2) is 0 Å². The number of aromatic nitrogens is 1. The highest BCUT2D eigenvalue weighted by molar-refractivity contribution is 6.48. The van der Waals surface area contributed by atoms with E-state index in [1.165, 1.54) is 0 Å². The average molecular weight is 180 g/mol. The monoisotopic (exact) mass is 179 g/mol. The summed E-state index contributed by atoms with van der Waals surface area (Å²) in [5.74, 6) is 0. The first-order valence-corrected chi connectivity index (χ1v) is 3.96. The largest absolute Gasteiger partial charge is 0.264 e. The van der Waals surface area contributed by atoms with Gasteiger partial charge in [-0.15, -0.1) is 0 Å². The van der Waals surface area contributed by atoms with Crippen molar-refractivity contribution in [2.45, 2.75) is 6.92 Å². The molecule has 0 unspecified atom stereocenters. The molecule has 1 rings (SSSR count). The Balaban J connectivity index is 3.39. The van der Waals surface area contributed by atoms with Gasteiger partial charge in [0.25, 0.3) is 0 Å². The van der Waals surface area contributed by atoms with Crippen LogP contribution in [0.4, 0.5) is 0 Å². The highest BCUT2D eigenvalue weighted by atomic mass is 35.5. The quantitative estimate of drug-likeness (QED) is 0.679. The first-order chi connectivity index (χ1) is 5.66. The topological polar surface area (TPSA) is 12.9 Å². The van der Waals surface area contributed by atoms with Crippen LogP contribution in [0.3, 0.4) is 0 Å². The average Bonchev–Trinajstić information content (AvgIpc) is 2.03. The summed E-state index contributed by atoms with van der Waals surface area (Å²) in [6, 6.07) is 0. The number of aryl methyl sites for hydroxylation is 1. The maximum absolute atomic E-state index is 5.82. The molecule has 0 N–H and O–H groups in total. The third-order valence-corrected chi connectivity index (χ3v) is 1.84. The minimum atomic E-state index is 0.532. The number of hydrogen-bond acceptors (Lipinski definition) is 1. The molecule has 0 spiro atoms. The normalized spacial score (nSPS) is 9.50. The molecule has 62 valence electrons. The molecule has 0 aliphatic carbocycles. The highest BCUT2D eigenvalue weighted by Crippen LogP contribution is 2.24. The predicted molar refractivity (Wildman–Crippen MR) is 54.0 cm³/mol. The van der Waals surface area contributed by atoms with E-state index in [0.29, 0.717) is 5.03 Å². The number of nitrogens with zero attached hydrogens (tertiary/aromatic N) is 1. The van der Waals surface area contributed by atoms with Crippen molar-refractivity contribution >= 4 is 22.7 Å². The molecular weight excluding hydrogens is 170 g/mol. The Kier molecular flexibility index (Phi) is 2.66. The first-order valence-electron chi connectivity index (χ1n) is 3.58. The zero-order chi connectivity index (χ0) is 9.14. The van der Waals surface area contributed by atoms with E-state index in [9.17, 15) is 0 Å². The minimum Gasteiger partial charge on any atom is -0.264 e. The van der Waals surface area contributed by atoms with Crippen molar-refractivity contribution in [3.63, 3.8) is 0 Å². The van der Waals surface area contributed by atoms with Gasteiger partial charge < -0.3 is 0 Å². The van der Waals surface area contributed by atoms with Crippen molar-refractivity contribution in [1.82, 2.24) is 4.98 Å². The first kappa shape index (κ1) is 9.01. The van der Waals surface area contributed by atoms with Crippen LogP contribution < -0.4 is 0 Å². The van der Waals surface area contributed by atoms with Crippen molar-refractivity contribution in [1.29, 1.82) is 0 Å². The second-order valence-electron chi connectivity index (χ2n) is 2.53. The van der Waals surface area contributed by atoms with Gasteiger partial charge in [0.1, 0.15) is 0 Å². The molecule has 0 radical (unpaired) electrons. The molecule has 0 amide bonds. The van der Waals surface area contributed by atoms with Gasteiger partial charge in [-0.3, -0.25) is 4.98 Å². The molecule has 0 bridgehead atoms. The van der Waals surface area contributed by atoms with E-state index in [4.69, 9.17) is 11.6 Å². The maximum atomic E-state index is 5.82. The number of pyridine rings is 1. The van der Waals surface area contributed by atoms with Crippen LogP contribution in [0.1, 0.15) is 16.7 Å². The van der Waals surface area contributed by atoms with E-state index in [2.05, 4.69) is 18.1 Å². The third kappa shape index (κ3) is 1.56. The van der Waals surface area contributed by atoms with Crippen LogP contribution in [0, 0.1) is 6.92 Å². The fraction of sp³-hybridized carbons (Fsp3) is 0.100. The Morgan fingerprint density at radius 3 is 2.67 bits per heavy atom. The third-order valence-electron chi connectivity index (χ3n) is 1.66. The molecule has 0 fully saturated rings. The molecule has 0 atom stereocenters. The smallest absolute Gasteiger partial charge is 0.0416 e. The van der Waals surface area contributed by atoms with Crippen LogP contribution in [0.5, 0.6) is 0 Å². The van der Waals surface area contributed by atoms with E-state index in [0.717, 1.165) is 16.7 Å². The van der Waals surface area contributed by atoms with Crippen molar-refractivity contribution < 1.29 is 0 Å². The molecule has 0 aliphatic heterocycles. The van der Waals surface area contributed by atoms with Crippen LogP contribution in [0.2, 0.25) is 0 Å². The lowest BCUT2D eigenvalue weighted by Crippen LogP contribution is -1.90. The Morgan fingerprint density at radius 1 is 1.58 bits per heavy atom. The van der Waals surface area contributed by atoms with E-state index < -0.39 is 0 Å². The van der Waals surface area contributed by atoms with Gasteiger partial charge in [0.2, 0.25) is 0 Å². The van der Waals surface area contributed by atoms with Crippen molar-refractivity contribution in [3.05, 3.63) is 42.2 Å². The molecule has 0 aromatic carbocycles.